The number of nitrogens with zero attached hydrogens (tertiary/aromatic N) is 2. The van der Waals surface area contributed by atoms with Crippen LogP contribution in [0.15, 0.2) is 29.3 Å². The number of hydrogen-bond acceptors (Lipinski definition) is 2. The van der Waals surface area contributed by atoms with Crippen molar-refractivity contribution in [3.63, 3.8) is 0 Å². The molecule has 0 aromatic heterocycles. The minimum atomic E-state index is -0.838. The molecule has 0 aliphatic carbocycles. The lowest BCUT2D eigenvalue weighted by Gasteiger charge is -2.37. The van der Waals surface area contributed by atoms with E-state index in [2.05, 4.69) is 18.8 Å². The van der Waals surface area contributed by atoms with Crippen LogP contribution in [0.5, 0.6) is 0 Å². The Morgan fingerprint density at radius 3 is 2.35 bits per heavy atom. The van der Waals surface area contributed by atoms with Crippen LogP contribution in [0.3, 0.4) is 0 Å². The van der Waals surface area contributed by atoms with Crippen LogP contribution < -0.4 is 0 Å². The first-order valence-electron chi connectivity index (χ1n) is 7.12. The fourth-order valence-electron chi connectivity index (χ4n) is 3.49. The van der Waals surface area contributed by atoms with Gasteiger partial charge in [-0.25, -0.2) is 0 Å². The Balaban J connectivity index is 2.15. The summed E-state index contributed by atoms with van der Waals surface area (Å²) in [6.07, 6.45) is 1.70. The quantitative estimate of drug-likeness (QED) is 0.847. The minimum absolute atomic E-state index is 0.0976. The number of rotatable bonds is 3. The number of aliphatic imine (C=N–C) groups is 1. The van der Waals surface area contributed by atoms with Crippen molar-refractivity contribution < 1.29 is 9.59 Å². The van der Waals surface area contributed by atoms with Gasteiger partial charge in [0, 0.05) is 5.56 Å². The molecule has 3 rings (SSSR count). The number of amides is 2. The molecule has 2 heterocycles. The maximum atomic E-state index is 12.7. The van der Waals surface area contributed by atoms with E-state index in [9.17, 15) is 9.59 Å². The summed E-state index contributed by atoms with van der Waals surface area (Å²) in [4.78, 5) is 30.9. The van der Waals surface area contributed by atoms with Gasteiger partial charge in [0.05, 0.1) is 5.56 Å². The molecule has 1 aromatic rings. The number of fused-ring (bicyclic) bond motifs is 3. The van der Waals surface area contributed by atoms with Crippen LogP contribution >= 0.6 is 0 Å². The summed E-state index contributed by atoms with van der Waals surface area (Å²) in [5.74, 6) is 0.364. The van der Waals surface area contributed by atoms with E-state index in [-0.39, 0.29) is 17.7 Å². The number of benzene rings is 1. The third-order valence-electron chi connectivity index (χ3n) is 4.70. The zero-order chi connectivity index (χ0) is 14.5. The largest absolute Gasteiger partial charge is 0.276 e. The molecule has 2 aliphatic rings. The number of hydrogen-bond donors (Lipinski definition) is 0. The van der Waals surface area contributed by atoms with E-state index >= 15 is 0 Å². The smallest absolute Gasteiger partial charge is 0.274 e. The van der Waals surface area contributed by atoms with Gasteiger partial charge in [0.25, 0.3) is 11.8 Å². The lowest BCUT2D eigenvalue weighted by molar-refractivity contribution is -0.126. The lowest BCUT2D eigenvalue weighted by atomic mass is 9.80. The monoisotopic (exact) mass is 270 g/mol. The second-order valence-corrected chi connectivity index (χ2v) is 5.59. The van der Waals surface area contributed by atoms with Crippen molar-refractivity contribution in [3.05, 3.63) is 35.4 Å². The Morgan fingerprint density at radius 1 is 1.15 bits per heavy atom. The molecule has 0 saturated carbocycles. The van der Waals surface area contributed by atoms with Gasteiger partial charge in [-0.05, 0) is 18.9 Å². The van der Waals surface area contributed by atoms with Gasteiger partial charge in [-0.1, -0.05) is 44.9 Å². The van der Waals surface area contributed by atoms with Gasteiger partial charge in [-0.15, -0.1) is 0 Å². The van der Waals surface area contributed by atoms with E-state index in [4.69, 9.17) is 0 Å². The SMILES string of the molecule is CCC(CC)C1(C)C(=O)N=C2c3ccccc3C(=O)N21. The van der Waals surface area contributed by atoms with Crippen LogP contribution in [0, 0.1) is 5.92 Å². The summed E-state index contributed by atoms with van der Waals surface area (Å²) in [6.45, 7) is 5.96. The van der Waals surface area contributed by atoms with Crippen molar-refractivity contribution in [2.45, 2.75) is 39.2 Å². The van der Waals surface area contributed by atoms with Crippen molar-refractivity contribution in [2.24, 2.45) is 10.9 Å². The second kappa shape index (κ2) is 4.27. The van der Waals surface area contributed by atoms with Crippen LogP contribution in [-0.2, 0) is 4.79 Å². The van der Waals surface area contributed by atoms with E-state index in [1.165, 1.54) is 0 Å². The third kappa shape index (κ3) is 1.39. The second-order valence-electron chi connectivity index (χ2n) is 5.59. The molecule has 4 nitrogen and oxygen atoms in total. The van der Waals surface area contributed by atoms with Crippen molar-refractivity contribution in [2.75, 3.05) is 0 Å². The van der Waals surface area contributed by atoms with Gasteiger partial charge in [0.2, 0.25) is 0 Å². The highest BCUT2D eigenvalue weighted by Crippen LogP contribution is 2.41. The third-order valence-corrected chi connectivity index (χ3v) is 4.70. The van der Waals surface area contributed by atoms with Crippen molar-refractivity contribution in [1.29, 1.82) is 0 Å². The lowest BCUT2D eigenvalue weighted by Crippen LogP contribution is -2.54. The Kier molecular flexibility index (Phi) is 2.78. The summed E-state index contributed by atoms with van der Waals surface area (Å²) >= 11 is 0. The first-order valence-corrected chi connectivity index (χ1v) is 7.12. The maximum Gasteiger partial charge on any atom is 0.274 e. The Bertz CT molecular complexity index is 631. The summed E-state index contributed by atoms with van der Waals surface area (Å²) < 4.78 is 0. The zero-order valence-electron chi connectivity index (χ0n) is 12.0. The topological polar surface area (TPSA) is 49.7 Å². The Hall–Kier alpha value is -1.97. The fraction of sp³-hybridized carbons (Fsp3) is 0.438. The van der Waals surface area contributed by atoms with Gasteiger partial charge in [0.1, 0.15) is 11.4 Å². The molecule has 2 amide bonds. The molecule has 1 unspecified atom stereocenters. The number of amidine groups is 1. The van der Waals surface area contributed by atoms with Gasteiger partial charge < -0.3 is 0 Å². The molecule has 0 fully saturated rings. The predicted octanol–water partition coefficient (Wildman–Crippen LogP) is 2.62. The van der Waals surface area contributed by atoms with Crippen molar-refractivity contribution in [3.8, 4) is 0 Å². The van der Waals surface area contributed by atoms with Gasteiger partial charge in [0.15, 0.2) is 0 Å². The summed E-state index contributed by atoms with van der Waals surface area (Å²) in [7, 11) is 0. The molecule has 0 N–H and O–H groups in total. The molecular formula is C16H18N2O2. The van der Waals surface area contributed by atoms with Crippen LogP contribution in [0.25, 0.3) is 0 Å². The highest BCUT2D eigenvalue weighted by atomic mass is 16.2. The standard InChI is InChI=1S/C16H18N2O2/c1-4-10(5-2)16(3)15(20)17-13-11-8-6-7-9-12(11)14(19)18(13)16/h6-10H,4-5H2,1-3H3. The zero-order valence-corrected chi connectivity index (χ0v) is 12.0. The maximum absolute atomic E-state index is 12.7. The van der Waals surface area contributed by atoms with E-state index < -0.39 is 5.54 Å². The first kappa shape index (κ1) is 13.0. The van der Waals surface area contributed by atoms with E-state index in [0.29, 0.717) is 11.4 Å². The molecule has 1 aromatic carbocycles. The average molecular weight is 270 g/mol. The first-order chi connectivity index (χ1) is 9.55. The molecular weight excluding hydrogens is 252 g/mol. The molecule has 4 heteroatoms. The number of carbonyl (C=O) groups is 2. The van der Waals surface area contributed by atoms with Crippen molar-refractivity contribution >= 4 is 17.6 Å². The fourth-order valence-corrected chi connectivity index (χ4v) is 3.49. The number of carbonyl (C=O) groups excluding carboxylic acids is 2. The molecule has 0 bridgehead atoms. The van der Waals surface area contributed by atoms with E-state index in [1.807, 2.05) is 25.1 Å². The molecule has 0 radical (unpaired) electrons. The van der Waals surface area contributed by atoms with E-state index in [1.54, 1.807) is 11.0 Å². The minimum Gasteiger partial charge on any atom is -0.276 e. The van der Waals surface area contributed by atoms with Gasteiger partial charge in [-0.3, -0.25) is 14.5 Å². The normalized spacial score (nSPS) is 24.2. The van der Waals surface area contributed by atoms with Gasteiger partial charge in [-0.2, -0.15) is 4.99 Å². The Labute approximate surface area is 118 Å². The molecule has 0 saturated heterocycles. The molecule has 104 valence electrons. The molecule has 20 heavy (non-hydrogen) atoms. The molecule has 1 atom stereocenters. The summed E-state index contributed by atoms with van der Waals surface area (Å²) in [6, 6.07) is 7.37. The summed E-state index contributed by atoms with van der Waals surface area (Å²) in [5, 5.41) is 0. The van der Waals surface area contributed by atoms with Crippen LogP contribution in [-0.4, -0.2) is 28.1 Å². The predicted molar refractivity (Wildman–Crippen MR) is 76.6 cm³/mol. The van der Waals surface area contributed by atoms with Crippen LogP contribution in [0.1, 0.15) is 49.5 Å². The van der Waals surface area contributed by atoms with Crippen LogP contribution in [0.4, 0.5) is 0 Å². The average Bonchev–Trinajstić information content (AvgIpc) is 2.88. The Morgan fingerprint density at radius 2 is 1.75 bits per heavy atom. The van der Waals surface area contributed by atoms with Gasteiger partial charge >= 0.3 is 0 Å². The summed E-state index contributed by atoms with van der Waals surface area (Å²) in [5.41, 5.74) is 0.589. The van der Waals surface area contributed by atoms with Crippen molar-refractivity contribution in [1.82, 2.24) is 4.90 Å². The highest BCUT2D eigenvalue weighted by molar-refractivity contribution is 6.30. The highest BCUT2D eigenvalue weighted by Gasteiger charge is 2.56. The van der Waals surface area contributed by atoms with E-state index in [0.717, 1.165) is 18.4 Å². The molecule has 0 spiro atoms. The van der Waals surface area contributed by atoms with Crippen LogP contribution in [0.2, 0.25) is 0 Å². The molecule has 2 aliphatic heterocycles.